The quantitative estimate of drug-likeness (QED) is 0.417. The molecule has 114 valence electrons. The Balaban J connectivity index is 2.34. The fourth-order valence-corrected chi connectivity index (χ4v) is 1.92. The van der Waals surface area contributed by atoms with Gasteiger partial charge in [-0.1, -0.05) is 12.1 Å². The Morgan fingerprint density at radius 2 is 1.95 bits per heavy atom. The maximum Gasteiger partial charge on any atom is 0.339 e. The third kappa shape index (κ3) is 6.54. The van der Waals surface area contributed by atoms with Gasteiger partial charge in [0.1, 0.15) is 0 Å². The molecule has 0 aromatic heterocycles. The molecule has 0 bridgehead atoms. The van der Waals surface area contributed by atoms with Gasteiger partial charge in [0, 0.05) is 17.2 Å². The lowest BCUT2D eigenvalue weighted by molar-refractivity contribution is -0.123. The standard InChI is InChI=1S/C13H15IN2O5/c1-20-7-6-15-13(19)16-11(17)8-21-12(18)9-4-2-3-5-10(9)14/h2-5H,6-8H2,1H3,(H2,15,16,17,19). The van der Waals surface area contributed by atoms with Gasteiger partial charge >= 0.3 is 12.0 Å². The van der Waals surface area contributed by atoms with Crippen molar-refractivity contribution >= 4 is 40.5 Å². The smallest absolute Gasteiger partial charge is 0.339 e. The number of nitrogens with one attached hydrogen (secondary N) is 2. The number of urea groups is 1. The lowest BCUT2D eigenvalue weighted by atomic mass is 10.2. The number of hydrogen-bond acceptors (Lipinski definition) is 5. The van der Waals surface area contributed by atoms with E-state index >= 15 is 0 Å². The highest BCUT2D eigenvalue weighted by atomic mass is 127. The molecule has 1 rings (SSSR count). The molecular formula is C13H15IN2O5. The molecule has 21 heavy (non-hydrogen) atoms. The number of amides is 3. The van der Waals surface area contributed by atoms with Gasteiger partial charge in [0.2, 0.25) is 0 Å². The van der Waals surface area contributed by atoms with E-state index in [9.17, 15) is 14.4 Å². The zero-order chi connectivity index (χ0) is 15.7. The van der Waals surface area contributed by atoms with Crippen molar-refractivity contribution in [1.82, 2.24) is 10.6 Å². The van der Waals surface area contributed by atoms with Crippen molar-refractivity contribution in [2.24, 2.45) is 0 Å². The number of carbonyl (C=O) groups excluding carboxylic acids is 3. The van der Waals surface area contributed by atoms with E-state index in [2.05, 4.69) is 5.32 Å². The highest BCUT2D eigenvalue weighted by molar-refractivity contribution is 14.1. The van der Waals surface area contributed by atoms with Crippen LogP contribution >= 0.6 is 22.6 Å². The summed E-state index contributed by atoms with van der Waals surface area (Å²) < 4.78 is 10.3. The summed E-state index contributed by atoms with van der Waals surface area (Å²) in [6, 6.07) is 6.17. The van der Waals surface area contributed by atoms with E-state index in [-0.39, 0.29) is 6.54 Å². The molecule has 0 heterocycles. The molecule has 7 nitrogen and oxygen atoms in total. The summed E-state index contributed by atoms with van der Waals surface area (Å²) in [5, 5.41) is 4.44. The molecule has 0 spiro atoms. The Labute approximate surface area is 135 Å². The summed E-state index contributed by atoms with van der Waals surface area (Å²) >= 11 is 1.99. The molecule has 0 atom stereocenters. The fourth-order valence-electron chi connectivity index (χ4n) is 1.31. The topological polar surface area (TPSA) is 93.7 Å². The van der Waals surface area contributed by atoms with Crippen LogP contribution < -0.4 is 10.6 Å². The molecule has 2 N–H and O–H groups in total. The van der Waals surface area contributed by atoms with Gasteiger partial charge in [0.25, 0.3) is 5.91 Å². The molecule has 0 saturated carbocycles. The highest BCUT2D eigenvalue weighted by Crippen LogP contribution is 2.12. The molecule has 0 aliphatic carbocycles. The Morgan fingerprint density at radius 3 is 2.62 bits per heavy atom. The van der Waals surface area contributed by atoms with Gasteiger partial charge in [0.05, 0.1) is 12.2 Å². The predicted octanol–water partition coefficient (Wildman–Crippen LogP) is 0.920. The minimum absolute atomic E-state index is 0.275. The van der Waals surface area contributed by atoms with Crippen molar-refractivity contribution in [2.45, 2.75) is 0 Å². The second-order valence-electron chi connectivity index (χ2n) is 3.85. The number of hydrogen-bond donors (Lipinski definition) is 2. The average Bonchev–Trinajstić information content (AvgIpc) is 2.45. The zero-order valence-electron chi connectivity index (χ0n) is 11.3. The minimum Gasteiger partial charge on any atom is -0.452 e. The monoisotopic (exact) mass is 406 g/mol. The van der Waals surface area contributed by atoms with Crippen molar-refractivity contribution < 1.29 is 23.9 Å². The van der Waals surface area contributed by atoms with E-state index in [0.29, 0.717) is 12.2 Å². The zero-order valence-corrected chi connectivity index (χ0v) is 13.5. The van der Waals surface area contributed by atoms with Crippen LogP contribution in [0.3, 0.4) is 0 Å². The van der Waals surface area contributed by atoms with Crippen molar-refractivity contribution in [3.8, 4) is 0 Å². The van der Waals surface area contributed by atoms with Crippen LogP contribution in [0.25, 0.3) is 0 Å². The lowest BCUT2D eigenvalue weighted by Gasteiger charge is -2.07. The maximum absolute atomic E-state index is 11.7. The van der Waals surface area contributed by atoms with Crippen LogP contribution in [0.4, 0.5) is 4.79 Å². The first kappa shape index (κ1) is 17.4. The Morgan fingerprint density at radius 1 is 1.24 bits per heavy atom. The highest BCUT2D eigenvalue weighted by Gasteiger charge is 2.14. The van der Waals surface area contributed by atoms with E-state index in [1.807, 2.05) is 27.9 Å². The third-order valence-electron chi connectivity index (χ3n) is 2.27. The number of carbonyl (C=O) groups is 3. The van der Waals surface area contributed by atoms with Crippen molar-refractivity contribution in [3.63, 3.8) is 0 Å². The number of ether oxygens (including phenoxy) is 2. The summed E-state index contributed by atoms with van der Waals surface area (Å²) in [7, 11) is 1.50. The summed E-state index contributed by atoms with van der Waals surface area (Å²) in [5.41, 5.74) is 0.371. The first-order valence-corrected chi connectivity index (χ1v) is 7.10. The van der Waals surface area contributed by atoms with Crippen LogP contribution in [0.5, 0.6) is 0 Å². The maximum atomic E-state index is 11.7. The number of benzene rings is 1. The first-order chi connectivity index (χ1) is 10.0. The van der Waals surface area contributed by atoms with E-state index in [4.69, 9.17) is 9.47 Å². The summed E-state index contributed by atoms with van der Waals surface area (Å²) in [6.07, 6.45) is 0. The van der Waals surface area contributed by atoms with E-state index in [1.54, 1.807) is 24.3 Å². The minimum atomic E-state index is -0.704. The van der Waals surface area contributed by atoms with Crippen molar-refractivity contribution in [2.75, 3.05) is 26.9 Å². The number of halogens is 1. The summed E-state index contributed by atoms with van der Waals surface area (Å²) in [6.45, 7) is 0.0855. The molecule has 0 aliphatic rings. The van der Waals surface area contributed by atoms with Crippen LogP contribution in [0.2, 0.25) is 0 Å². The van der Waals surface area contributed by atoms with Crippen LogP contribution in [0.15, 0.2) is 24.3 Å². The summed E-state index contributed by atoms with van der Waals surface area (Å²) in [4.78, 5) is 34.4. The lowest BCUT2D eigenvalue weighted by Crippen LogP contribution is -2.42. The SMILES string of the molecule is COCCNC(=O)NC(=O)COC(=O)c1ccccc1I. The molecular weight excluding hydrogens is 391 g/mol. The molecule has 0 aliphatic heterocycles. The van der Waals surface area contributed by atoms with Crippen LogP contribution in [0.1, 0.15) is 10.4 Å². The van der Waals surface area contributed by atoms with E-state index in [0.717, 1.165) is 3.57 Å². The van der Waals surface area contributed by atoms with E-state index in [1.165, 1.54) is 7.11 Å². The fraction of sp³-hybridized carbons (Fsp3) is 0.308. The van der Waals surface area contributed by atoms with Crippen molar-refractivity contribution in [1.29, 1.82) is 0 Å². The molecule has 0 radical (unpaired) electrons. The van der Waals surface area contributed by atoms with Crippen LogP contribution in [-0.4, -0.2) is 44.8 Å². The van der Waals surface area contributed by atoms with Crippen molar-refractivity contribution in [3.05, 3.63) is 33.4 Å². The molecule has 1 aromatic carbocycles. The largest absolute Gasteiger partial charge is 0.452 e. The van der Waals surface area contributed by atoms with Gasteiger partial charge in [-0.2, -0.15) is 0 Å². The van der Waals surface area contributed by atoms with Gasteiger partial charge in [-0.3, -0.25) is 10.1 Å². The molecule has 1 aromatic rings. The van der Waals surface area contributed by atoms with Crippen LogP contribution in [-0.2, 0) is 14.3 Å². The molecule has 0 unspecified atom stereocenters. The van der Waals surface area contributed by atoms with Crippen LogP contribution in [0, 0.1) is 3.57 Å². The Bertz CT molecular complexity index is 521. The first-order valence-electron chi connectivity index (χ1n) is 6.03. The van der Waals surface area contributed by atoms with Gasteiger partial charge in [-0.05, 0) is 34.7 Å². The van der Waals surface area contributed by atoms with E-state index < -0.39 is 24.5 Å². The number of imide groups is 1. The molecule has 8 heteroatoms. The number of esters is 1. The normalized spacial score (nSPS) is 9.81. The Hall–Kier alpha value is -1.68. The van der Waals surface area contributed by atoms with Gasteiger partial charge in [-0.15, -0.1) is 0 Å². The van der Waals surface area contributed by atoms with Gasteiger partial charge in [-0.25, -0.2) is 9.59 Å². The number of methoxy groups -OCH3 is 1. The second kappa shape index (κ2) is 9.29. The second-order valence-corrected chi connectivity index (χ2v) is 5.02. The van der Waals surface area contributed by atoms with Gasteiger partial charge < -0.3 is 14.8 Å². The Kier molecular flexibility index (Phi) is 7.69. The molecule has 0 saturated heterocycles. The predicted molar refractivity (Wildman–Crippen MR) is 82.9 cm³/mol. The number of rotatable bonds is 6. The summed E-state index contributed by atoms with van der Waals surface area (Å²) in [5.74, 6) is -1.32. The molecule has 0 fully saturated rings. The van der Waals surface area contributed by atoms with Gasteiger partial charge in [0.15, 0.2) is 6.61 Å². The molecule has 3 amide bonds. The third-order valence-corrected chi connectivity index (χ3v) is 3.21. The average molecular weight is 406 g/mol.